The Bertz CT molecular complexity index is 101. The van der Waals surface area contributed by atoms with E-state index < -0.39 is 5.97 Å². The Balaban J connectivity index is 3.50. The zero-order valence-electron chi connectivity index (χ0n) is 5.79. The summed E-state index contributed by atoms with van der Waals surface area (Å²) in [6.07, 6.45) is 0.801. The number of carboxylic acids is 1. The van der Waals surface area contributed by atoms with Gasteiger partial charge in [-0.15, -0.1) is 0 Å². The van der Waals surface area contributed by atoms with Crippen molar-refractivity contribution in [3.05, 3.63) is 0 Å². The zero-order valence-corrected chi connectivity index (χ0v) is 8.22. The number of rotatable bonds is 3. The van der Waals surface area contributed by atoms with E-state index in [1.165, 1.54) is 16.9 Å². The molecular weight excluding hydrogens is 179 g/mol. The van der Waals surface area contributed by atoms with E-state index in [4.69, 9.17) is 5.11 Å². The SMILES string of the molecule is CC(C)CC([AsH2])C(=O)O. The molecule has 2 atom stereocenters. The average Bonchev–Trinajstić information content (AvgIpc) is 1.63. The maximum atomic E-state index is 10.3. The van der Waals surface area contributed by atoms with Gasteiger partial charge in [-0.3, -0.25) is 0 Å². The molecule has 0 rings (SSSR count). The molecule has 0 aromatic heterocycles. The van der Waals surface area contributed by atoms with Crippen molar-refractivity contribution in [1.29, 1.82) is 0 Å². The monoisotopic (exact) mass is 192 g/mol. The van der Waals surface area contributed by atoms with Gasteiger partial charge in [0.2, 0.25) is 0 Å². The van der Waals surface area contributed by atoms with Gasteiger partial charge in [-0.2, -0.15) is 0 Å². The van der Waals surface area contributed by atoms with E-state index in [1.807, 2.05) is 13.8 Å². The molecule has 54 valence electrons. The van der Waals surface area contributed by atoms with Gasteiger partial charge in [0.05, 0.1) is 0 Å². The van der Waals surface area contributed by atoms with E-state index in [2.05, 4.69) is 0 Å². The third kappa shape index (κ3) is 4.53. The van der Waals surface area contributed by atoms with E-state index in [0.29, 0.717) is 5.92 Å². The van der Waals surface area contributed by atoms with Crippen LogP contribution >= 0.6 is 0 Å². The minimum atomic E-state index is -0.663. The molecule has 0 aliphatic carbocycles. The molecule has 2 unspecified atom stereocenters. The summed E-state index contributed by atoms with van der Waals surface area (Å²) in [6, 6.07) is 0. The van der Waals surface area contributed by atoms with Crippen LogP contribution in [0.25, 0.3) is 0 Å². The number of carbonyl (C=O) groups is 1. The quantitative estimate of drug-likeness (QED) is 0.662. The van der Waals surface area contributed by atoms with E-state index in [-0.39, 0.29) is 4.71 Å². The molecule has 3 heteroatoms. The van der Waals surface area contributed by atoms with E-state index in [0.717, 1.165) is 6.42 Å². The summed E-state index contributed by atoms with van der Waals surface area (Å²) in [5, 5.41) is 8.45. The fraction of sp³-hybridized carbons (Fsp3) is 0.833. The molecule has 0 bridgehead atoms. The third-order valence-corrected chi connectivity index (χ3v) is 2.21. The Kier molecular flexibility index (Phi) is 3.96. The third-order valence-electron chi connectivity index (χ3n) is 1.04. The Hall–Kier alpha value is 0.0284. The van der Waals surface area contributed by atoms with Gasteiger partial charge in [0, 0.05) is 0 Å². The predicted molar refractivity (Wildman–Crippen MR) is 39.4 cm³/mol. The molecule has 0 aliphatic heterocycles. The molecule has 0 aromatic rings. The summed E-state index contributed by atoms with van der Waals surface area (Å²) in [7, 11) is 0. The Labute approximate surface area is 64.1 Å². The summed E-state index contributed by atoms with van der Waals surface area (Å²) in [5.74, 6) is -0.165. The fourth-order valence-corrected chi connectivity index (χ4v) is 1.75. The number of hydrogen-bond donors (Lipinski definition) is 1. The zero-order chi connectivity index (χ0) is 7.44. The molecule has 0 saturated carbocycles. The van der Waals surface area contributed by atoms with Crippen LogP contribution in [0.15, 0.2) is 0 Å². The summed E-state index contributed by atoms with van der Waals surface area (Å²) in [6.45, 7) is 4.07. The second-order valence-electron chi connectivity index (χ2n) is 2.57. The van der Waals surface area contributed by atoms with Crippen molar-refractivity contribution < 1.29 is 9.90 Å². The van der Waals surface area contributed by atoms with Crippen molar-refractivity contribution >= 4 is 22.8 Å². The van der Waals surface area contributed by atoms with Gasteiger partial charge in [0.25, 0.3) is 0 Å². The standard InChI is InChI=1S/C6H13AsO2/c1-4(2)3-5(7)6(8)9/h4-5H,3,7H2,1-2H3,(H,8,9). The number of aliphatic carboxylic acids is 1. The fourth-order valence-electron chi connectivity index (χ4n) is 0.609. The van der Waals surface area contributed by atoms with Gasteiger partial charge < -0.3 is 0 Å². The normalized spacial score (nSPS) is 13.8. The first kappa shape index (κ1) is 9.03. The molecule has 0 fully saturated rings. The van der Waals surface area contributed by atoms with Crippen molar-refractivity contribution in [2.45, 2.75) is 25.0 Å². The minimum absolute atomic E-state index is 0.127. The van der Waals surface area contributed by atoms with Crippen LogP contribution in [0.5, 0.6) is 0 Å². The molecule has 0 radical (unpaired) electrons. The molecule has 0 aliphatic rings. The van der Waals surface area contributed by atoms with Crippen LogP contribution in [0.4, 0.5) is 0 Å². The summed E-state index contributed by atoms with van der Waals surface area (Å²) >= 11 is 1.30. The molecular formula is C6H13AsO2. The van der Waals surface area contributed by atoms with E-state index >= 15 is 0 Å². The van der Waals surface area contributed by atoms with Crippen LogP contribution in [0.2, 0.25) is 4.71 Å². The van der Waals surface area contributed by atoms with Gasteiger partial charge in [-0.1, -0.05) is 0 Å². The number of hydrogen-bond acceptors (Lipinski definition) is 1. The van der Waals surface area contributed by atoms with Crippen LogP contribution in [0, 0.1) is 5.92 Å². The van der Waals surface area contributed by atoms with Crippen molar-refractivity contribution in [2.24, 2.45) is 5.92 Å². The molecule has 1 N–H and O–H groups in total. The van der Waals surface area contributed by atoms with Crippen molar-refractivity contribution in [3.8, 4) is 0 Å². The summed E-state index contributed by atoms with van der Waals surface area (Å²) in [5.41, 5.74) is 0. The van der Waals surface area contributed by atoms with Gasteiger partial charge in [0.1, 0.15) is 0 Å². The molecule has 0 spiro atoms. The molecule has 2 nitrogen and oxygen atoms in total. The number of carboxylic acid groups (broad SMARTS) is 1. The van der Waals surface area contributed by atoms with E-state index in [1.54, 1.807) is 0 Å². The van der Waals surface area contributed by atoms with Gasteiger partial charge >= 0.3 is 63.6 Å². The van der Waals surface area contributed by atoms with Crippen molar-refractivity contribution in [3.63, 3.8) is 0 Å². The van der Waals surface area contributed by atoms with Gasteiger partial charge in [0.15, 0.2) is 0 Å². The molecule has 0 heterocycles. The summed E-state index contributed by atoms with van der Waals surface area (Å²) < 4.78 is -0.127. The molecule has 9 heavy (non-hydrogen) atoms. The Morgan fingerprint density at radius 2 is 2.11 bits per heavy atom. The Morgan fingerprint density at radius 1 is 1.67 bits per heavy atom. The van der Waals surface area contributed by atoms with Gasteiger partial charge in [-0.25, -0.2) is 0 Å². The molecule has 0 amide bonds. The van der Waals surface area contributed by atoms with Crippen LogP contribution in [0.1, 0.15) is 20.3 Å². The summed E-state index contributed by atoms with van der Waals surface area (Å²) in [4.78, 5) is 10.3. The first-order valence-corrected chi connectivity index (χ1v) is 4.42. The second kappa shape index (κ2) is 3.94. The maximum absolute atomic E-state index is 10.3. The first-order valence-electron chi connectivity index (χ1n) is 3.02. The van der Waals surface area contributed by atoms with Crippen LogP contribution in [-0.2, 0) is 4.79 Å². The van der Waals surface area contributed by atoms with Crippen molar-refractivity contribution in [2.75, 3.05) is 0 Å². The average molecular weight is 192 g/mol. The van der Waals surface area contributed by atoms with Gasteiger partial charge in [-0.05, 0) is 0 Å². The topological polar surface area (TPSA) is 37.3 Å². The van der Waals surface area contributed by atoms with E-state index in [9.17, 15) is 4.79 Å². The Morgan fingerprint density at radius 3 is 2.22 bits per heavy atom. The second-order valence-corrected chi connectivity index (χ2v) is 4.26. The van der Waals surface area contributed by atoms with Crippen LogP contribution < -0.4 is 0 Å². The predicted octanol–water partition coefficient (Wildman–Crippen LogP) is 0.539. The van der Waals surface area contributed by atoms with Crippen molar-refractivity contribution in [1.82, 2.24) is 0 Å². The first-order chi connectivity index (χ1) is 4.04. The molecule has 0 aromatic carbocycles. The van der Waals surface area contributed by atoms with Crippen LogP contribution in [-0.4, -0.2) is 27.9 Å². The molecule has 0 saturated heterocycles. The van der Waals surface area contributed by atoms with Crippen LogP contribution in [0.3, 0.4) is 0 Å².